The molecule has 0 fully saturated rings. The van der Waals surface area contributed by atoms with Crippen LogP contribution in [0.4, 0.5) is 10.5 Å². The molecule has 0 aliphatic heterocycles. The fourth-order valence-corrected chi connectivity index (χ4v) is 1.04. The van der Waals surface area contributed by atoms with Crippen LogP contribution in [-0.2, 0) is 0 Å². The minimum Gasteiger partial charge on any atom is -0.652 e. The molecule has 0 aliphatic carbocycles. The van der Waals surface area contributed by atoms with Gasteiger partial charge in [-0.1, -0.05) is 0 Å². The molecule has 92 valence electrons. The van der Waals surface area contributed by atoms with Crippen LogP contribution in [0.15, 0.2) is 24.4 Å². The Hall–Kier alpha value is -0.680. The van der Waals surface area contributed by atoms with Gasteiger partial charge in [0.2, 0.25) is 0 Å². The van der Waals surface area contributed by atoms with Crippen molar-refractivity contribution in [3.63, 3.8) is 0 Å². The standard InChI is InChI=1S/C7H5N3O2.CH2O3.2Na.H2O/c11-10(12)6-1-2-7-5(3-6)4-8-9-7;2-1(3)4;;;/h1-4H,(H,8,9);(H2,2,3,4);;;1H2/q;;2*+1;/p-2. The molecule has 0 unspecified atom stereocenters. The van der Waals surface area contributed by atoms with Crippen LogP contribution in [0.25, 0.3) is 10.9 Å². The summed E-state index contributed by atoms with van der Waals surface area (Å²) < 4.78 is 0. The number of carbonyl (C=O) groups excluding carboxylic acids is 1. The number of hydrogen-bond acceptors (Lipinski definition) is 6. The van der Waals surface area contributed by atoms with Crippen LogP contribution in [0, 0.1) is 10.1 Å². The van der Waals surface area contributed by atoms with Gasteiger partial charge in [0.15, 0.2) is 0 Å². The van der Waals surface area contributed by atoms with Crippen molar-refractivity contribution in [2.75, 3.05) is 0 Å². The van der Waals surface area contributed by atoms with E-state index in [4.69, 9.17) is 15.0 Å². The summed E-state index contributed by atoms with van der Waals surface area (Å²) in [6.07, 6.45) is -0.775. The van der Waals surface area contributed by atoms with E-state index in [0.29, 0.717) is 0 Å². The van der Waals surface area contributed by atoms with Crippen LogP contribution in [-0.4, -0.2) is 26.8 Å². The maximum Gasteiger partial charge on any atom is 1.00 e. The Morgan fingerprint density at radius 2 is 1.79 bits per heavy atom. The number of aromatic nitrogens is 2. The Kier molecular flexibility index (Phi) is 13.8. The Morgan fingerprint density at radius 3 is 2.26 bits per heavy atom. The average Bonchev–Trinajstić information content (AvgIpc) is 2.62. The number of nitrogens with one attached hydrogen (secondary N) is 1. The van der Waals surface area contributed by atoms with E-state index in [1.807, 2.05) is 0 Å². The summed E-state index contributed by atoms with van der Waals surface area (Å²) >= 11 is 0. The Morgan fingerprint density at radius 1 is 1.26 bits per heavy atom. The normalized spacial score (nSPS) is 7.79. The van der Waals surface area contributed by atoms with Crippen molar-refractivity contribution in [2.24, 2.45) is 0 Å². The average molecular weight is 287 g/mol. The van der Waals surface area contributed by atoms with E-state index in [9.17, 15) is 10.1 Å². The molecule has 0 spiro atoms. The van der Waals surface area contributed by atoms with Gasteiger partial charge in [-0.3, -0.25) is 15.2 Å². The maximum atomic E-state index is 10.3. The Bertz CT molecular complexity index is 528. The number of nitro benzene ring substituents is 1. The summed E-state index contributed by atoms with van der Waals surface area (Å²) in [6, 6.07) is 4.57. The third-order valence-corrected chi connectivity index (χ3v) is 1.63. The van der Waals surface area contributed by atoms with Gasteiger partial charge in [-0.2, -0.15) is 5.10 Å². The number of carboxylic acid groups (broad SMARTS) is 2. The second-order valence-corrected chi connectivity index (χ2v) is 2.65. The molecule has 1 heterocycles. The van der Waals surface area contributed by atoms with Gasteiger partial charge in [-0.25, -0.2) is 0 Å². The van der Waals surface area contributed by atoms with Crippen LogP contribution >= 0.6 is 0 Å². The zero-order chi connectivity index (χ0) is 12.1. The van der Waals surface area contributed by atoms with Crippen molar-refractivity contribution in [2.45, 2.75) is 0 Å². The molecule has 1 aromatic carbocycles. The number of hydrogen-bond donors (Lipinski definition) is 1. The summed E-state index contributed by atoms with van der Waals surface area (Å²) in [5.74, 6) is 0. The second kappa shape index (κ2) is 11.2. The molecule has 0 radical (unpaired) electrons. The smallest absolute Gasteiger partial charge is 0.652 e. The van der Waals surface area contributed by atoms with Gasteiger partial charge < -0.3 is 20.5 Å². The SMILES string of the molecule is O.O=C([O-])[O-].O=[N+]([O-])c1ccc2[nH]ncc2c1.[Na+].[Na+]. The molecule has 3 N–H and O–H groups in total. The second-order valence-electron chi connectivity index (χ2n) is 2.65. The first kappa shape index (κ1) is 23.4. The van der Waals surface area contributed by atoms with Crippen molar-refractivity contribution < 1.29 is 84.5 Å². The molecular weight excluding hydrogens is 280 g/mol. The molecule has 0 aliphatic rings. The predicted octanol–water partition coefficient (Wildman–Crippen LogP) is -7.79. The van der Waals surface area contributed by atoms with Crippen molar-refractivity contribution in [3.8, 4) is 0 Å². The van der Waals surface area contributed by atoms with Crippen LogP contribution in [0.1, 0.15) is 0 Å². The van der Waals surface area contributed by atoms with Crippen molar-refractivity contribution in [3.05, 3.63) is 34.5 Å². The van der Waals surface area contributed by atoms with E-state index >= 15 is 0 Å². The number of aromatic amines is 1. The van der Waals surface area contributed by atoms with Crippen molar-refractivity contribution in [1.82, 2.24) is 10.2 Å². The van der Waals surface area contributed by atoms with Crippen LogP contribution in [0.5, 0.6) is 0 Å². The van der Waals surface area contributed by atoms with Crippen LogP contribution in [0.3, 0.4) is 0 Å². The van der Waals surface area contributed by atoms with Gasteiger partial charge in [-0.15, -0.1) is 0 Å². The van der Waals surface area contributed by atoms with Gasteiger partial charge >= 0.3 is 59.1 Å². The number of rotatable bonds is 1. The molecule has 0 amide bonds. The molecule has 0 saturated heterocycles. The zero-order valence-corrected chi connectivity index (χ0v) is 14.2. The van der Waals surface area contributed by atoms with E-state index in [1.165, 1.54) is 12.1 Å². The molecule has 11 heteroatoms. The monoisotopic (exact) mass is 287 g/mol. The van der Waals surface area contributed by atoms with E-state index in [1.54, 1.807) is 12.3 Å². The molecule has 2 aromatic rings. The minimum atomic E-state index is -2.33. The van der Waals surface area contributed by atoms with E-state index in [-0.39, 0.29) is 70.3 Å². The first-order valence-electron chi connectivity index (χ1n) is 3.96. The van der Waals surface area contributed by atoms with Gasteiger partial charge in [-0.05, 0) is 12.2 Å². The molecule has 2 rings (SSSR count). The molecule has 1 aromatic heterocycles. The number of benzene rings is 1. The number of fused-ring (bicyclic) bond motifs is 1. The first-order chi connectivity index (χ1) is 7.50. The fraction of sp³-hybridized carbons (Fsp3) is 0. The van der Waals surface area contributed by atoms with Gasteiger partial charge in [0.05, 0.1) is 16.6 Å². The van der Waals surface area contributed by atoms with Crippen LogP contribution in [0.2, 0.25) is 0 Å². The van der Waals surface area contributed by atoms with Gasteiger partial charge in [0.25, 0.3) is 5.69 Å². The quantitative estimate of drug-likeness (QED) is 0.310. The Balaban J connectivity index is -0.000000329. The molecule has 0 atom stereocenters. The third-order valence-electron chi connectivity index (χ3n) is 1.63. The first-order valence-corrected chi connectivity index (χ1v) is 3.96. The molecule has 19 heavy (non-hydrogen) atoms. The molecule has 0 saturated carbocycles. The van der Waals surface area contributed by atoms with Crippen molar-refractivity contribution in [1.29, 1.82) is 0 Å². The summed E-state index contributed by atoms with van der Waals surface area (Å²) in [7, 11) is 0. The third kappa shape index (κ3) is 8.16. The van der Waals surface area contributed by atoms with Gasteiger partial charge in [0, 0.05) is 17.5 Å². The van der Waals surface area contributed by atoms with Gasteiger partial charge in [0.1, 0.15) is 0 Å². The number of nitro groups is 1. The Labute approximate surface area is 151 Å². The minimum absolute atomic E-state index is 0. The van der Waals surface area contributed by atoms with E-state index < -0.39 is 11.1 Å². The topological polar surface area (TPSA) is 167 Å². The largest absolute Gasteiger partial charge is 1.00 e. The molecule has 0 bridgehead atoms. The summed E-state index contributed by atoms with van der Waals surface area (Å²) in [5, 5.41) is 34.2. The number of non-ortho nitro benzene ring substituents is 1. The molecule has 9 nitrogen and oxygen atoms in total. The summed E-state index contributed by atoms with van der Waals surface area (Å²) in [4.78, 5) is 18.3. The van der Waals surface area contributed by atoms with Crippen LogP contribution < -0.4 is 69.3 Å². The zero-order valence-electron chi connectivity index (χ0n) is 10.2. The van der Waals surface area contributed by atoms with Crippen molar-refractivity contribution >= 4 is 22.7 Å². The number of H-pyrrole nitrogens is 1. The fourth-order valence-electron chi connectivity index (χ4n) is 1.04. The number of carbonyl (C=O) groups is 1. The summed E-state index contributed by atoms with van der Waals surface area (Å²) in [6.45, 7) is 0. The van der Waals surface area contributed by atoms with E-state index in [0.717, 1.165) is 10.9 Å². The summed E-state index contributed by atoms with van der Waals surface area (Å²) in [5.41, 5.74) is 0.893. The predicted molar refractivity (Wildman–Crippen MR) is 51.8 cm³/mol. The maximum absolute atomic E-state index is 10.3. The van der Waals surface area contributed by atoms with E-state index in [2.05, 4.69) is 10.2 Å². The molecular formula is C8H7N3Na2O6. The number of nitrogens with zero attached hydrogens (tertiary/aromatic N) is 2.